The number of nitrogens with one attached hydrogen (secondary N) is 1. The molecule has 0 radical (unpaired) electrons. The number of benzene rings is 1. The monoisotopic (exact) mass is 291 g/mol. The Balaban J connectivity index is 2.19. The van der Waals surface area contributed by atoms with Crippen molar-refractivity contribution in [2.75, 3.05) is 13.1 Å². The zero-order valence-corrected chi connectivity index (χ0v) is 13.5. The Hall–Kier alpha value is -1.42. The van der Waals surface area contributed by atoms with Crippen molar-refractivity contribution in [3.8, 4) is 0 Å². The maximum absolute atomic E-state index is 13.4. The van der Waals surface area contributed by atoms with Crippen molar-refractivity contribution in [3.05, 3.63) is 29.8 Å². The van der Waals surface area contributed by atoms with Crippen molar-refractivity contribution in [3.63, 3.8) is 0 Å². The van der Waals surface area contributed by atoms with E-state index in [0.29, 0.717) is 11.8 Å². The summed E-state index contributed by atoms with van der Waals surface area (Å²) in [5.74, 6) is 2.00. The summed E-state index contributed by atoms with van der Waals surface area (Å²) in [7, 11) is 0. The highest BCUT2D eigenvalue weighted by Gasteiger charge is 2.12. The molecule has 0 atom stereocenters. The van der Waals surface area contributed by atoms with Gasteiger partial charge in [-0.15, -0.1) is 0 Å². The second-order valence-corrected chi connectivity index (χ2v) is 6.51. The zero-order chi connectivity index (χ0) is 15.4. The summed E-state index contributed by atoms with van der Waals surface area (Å²) in [5, 5.41) is 3.44. The predicted octanol–water partition coefficient (Wildman–Crippen LogP) is 3.62. The minimum atomic E-state index is -0.221. The predicted molar refractivity (Wildman–Crippen MR) is 85.9 cm³/mol. The first-order chi connectivity index (χ1) is 9.97. The molecule has 1 N–H and O–H groups in total. The first kappa shape index (κ1) is 16.0. The maximum atomic E-state index is 13.4. The quantitative estimate of drug-likeness (QED) is 0.790. The third-order valence-corrected chi connectivity index (χ3v) is 3.42. The molecule has 0 saturated heterocycles. The summed E-state index contributed by atoms with van der Waals surface area (Å²) in [6, 6.07) is 4.88. The van der Waals surface area contributed by atoms with Crippen LogP contribution in [0.3, 0.4) is 0 Å². The number of fused-ring (bicyclic) bond motifs is 1. The van der Waals surface area contributed by atoms with Gasteiger partial charge in [0.25, 0.3) is 0 Å². The molecular weight excluding hydrogens is 265 g/mol. The lowest BCUT2D eigenvalue weighted by Crippen LogP contribution is -2.23. The lowest BCUT2D eigenvalue weighted by Gasteiger charge is -2.12. The topological polar surface area (TPSA) is 29.9 Å². The van der Waals surface area contributed by atoms with E-state index in [-0.39, 0.29) is 5.82 Å². The second-order valence-electron chi connectivity index (χ2n) is 6.51. The number of aromatic nitrogens is 2. The summed E-state index contributed by atoms with van der Waals surface area (Å²) in [5.41, 5.74) is 1.79. The Labute approximate surface area is 126 Å². The van der Waals surface area contributed by atoms with Crippen LogP contribution in [0, 0.1) is 17.7 Å². The molecule has 0 aliphatic heterocycles. The fraction of sp³-hybridized carbons (Fsp3) is 0.588. The van der Waals surface area contributed by atoms with E-state index in [0.717, 1.165) is 42.9 Å². The molecule has 3 nitrogen and oxygen atoms in total. The van der Waals surface area contributed by atoms with Gasteiger partial charge in [0, 0.05) is 25.6 Å². The minimum absolute atomic E-state index is 0.221. The van der Waals surface area contributed by atoms with Crippen molar-refractivity contribution < 1.29 is 4.39 Å². The van der Waals surface area contributed by atoms with Crippen LogP contribution in [0.4, 0.5) is 4.39 Å². The maximum Gasteiger partial charge on any atom is 0.125 e. The van der Waals surface area contributed by atoms with E-state index in [1.807, 2.05) is 6.07 Å². The number of imidazole rings is 1. The molecule has 0 aliphatic carbocycles. The Kier molecular flexibility index (Phi) is 5.34. The molecule has 1 aromatic heterocycles. The molecule has 1 heterocycles. The van der Waals surface area contributed by atoms with Crippen molar-refractivity contribution in [2.45, 2.75) is 40.7 Å². The SMILES string of the molecule is CC(C)CNCCc1nc2cc(F)ccc2n1CC(C)C. The van der Waals surface area contributed by atoms with E-state index >= 15 is 0 Å². The molecule has 116 valence electrons. The van der Waals surface area contributed by atoms with Gasteiger partial charge in [-0.05, 0) is 30.5 Å². The van der Waals surface area contributed by atoms with E-state index in [9.17, 15) is 4.39 Å². The van der Waals surface area contributed by atoms with Crippen LogP contribution in [0.25, 0.3) is 11.0 Å². The molecular formula is C17H26FN3. The Morgan fingerprint density at radius 3 is 2.62 bits per heavy atom. The van der Waals surface area contributed by atoms with Crippen molar-refractivity contribution in [2.24, 2.45) is 11.8 Å². The molecule has 0 unspecified atom stereocenters. The minimum Gasteiger partial charge on any atom is -0.328 e. The number of halogens is 1. The van der Waals surface area contributed by atoms with Crippen molar-refractivity contribution >= 4 is 11.0 Å². The number of nitrogens with zero attached hydrogens (tertiary/aromatic N) is 2. The normalized spacial score (nSPS) is 12.0. The largest absolute Gasteiger partial charge is 0.328 e. The molecule has 0 bridgehead atoms. The zero-order valence-electron chi connectivity index (χ0n) is 13.5. The van der Waals surface area contributed by atoms with Gasteiger partial charge >= 0.3 is 0 Å². The summed E-state index contributed by atoms with van der Waals surface area (Å²) in [6.07, 6.45) is 0.871. The van der Waals surface area contributed by atoms with Crippen LogP contribution < -0.4 is 5.32 Å². The van der Waals surface area contributed by atoms with Crippen LogP contribution in [-0.2, 0) is 13.0 Å². The molecule has 0 aliphatic rings. The van der Waals surface area contributed by atoms with Gasteiger partial charge in [-0.3, -0.25) is 0 Å². The first-order valence-electron chi connectivity index (χ1n) is 7.82. The van der Waals surface area contributed by atoms with Crippen molar-refractivity contribution in [1.29, 1.82) is 0 Å². The average Bonchev–Trinajstić information content (AvgIpc) is 2.71. The summed E-state index contributed by atoms with van der Waals surface area (Å²) in [4.78, 5) is 4.63. The van der Waals surface area contributed by atoms with Crippen LogP contribution >= 0.6 is 0 Å². The van der Waals surface area contributed by atoms with E-state index in [2.05, 4.69) is 42.6 Å². The lowest BCUT2D eigenvalue weighted by molar-refractivity contribution is 0.505. The molecule has 0 fully saturated rings. The number of hydrogen-bond acceptors (Lipinski definition) is 2. The summed E-state index contributed by atoms with van der Waals surface area (Å²) >= 11 is 0. The standard InChI is InChI=1S/C17H26FN3/c1-12(2)10-19-8-7-17-20-15-9-14(18)5-6-16(15)21(17)11-13(3)4/h5-6,9,12-13,19H,7-8,10-11H2,1-4H3. The molecule has 0 saturated carbocycles. The molecule has 0 amide bonds. The molecule has 4 heteroatoms. The fourth-order valence-electron chi connectivity index (χ4n) is 2.50. The van der Waals surface area contributed by atoms with E-state index in [1.54, 1.807) is 0 Å². The van der Waals surface area contributed by atoms with Crippen LogP contribution in [0.15, 0.2) is 18.2 Å². The molecule has 2 aromatic rings. The van der Waals surface area contributed by atoms with Crippen LogP contribution in [0.2, 0.25) is 0 Å². The van der Waals surface area contributed by atoms with Crippen molar-refractivity contribution in [1.82, 2.24) is 14.9 Å². The highest BCUT2D eigenvalue weighted by Crippen LogP contribution is 2.19. The highest BCUT2D eigenvalue weighted by molar-refractivity contribution is 5.76. The number of rotatable bonds is 7. The van der Waals surface area contributed by atoms with Crippen LogP contribution in [0.1, 0.15) is 33.5 Å². The van der Waals surface area contributed by atoms with Gasteiger partial charge in [-0.1, -0.05) is 27.7 Å². The molecule has 0 spiro atoms. The van der Waals surface area contributed by atoms with Gasteiger partial charge in [0.15, 0.2) is 0 Å². The smallest absolute Gasteiger partial charge is 0.125 e. The average molecular weight is 291 g/mol. The summed E-state index contributed by atoms with van der Waals surface area (Å²) < 4.78 is 15.6. The van der Waals surface area contributed by atoms with E-state index < -0.39 is 0 Å². The molecule has 2 rings (SSSR count). The molecule has 1 aromatic carbocycles. The highest BCUT2D eigenvalue weighted by atomic mass is 19.1. The van der Waals surface area contributed by atoms with Gasteiger partial charge in [0.05, 0.1) is 11.0 Å². The summed E-state index contributed by atoms with van der Waals surface area (Å²) in [6.45, 7) is 11.6. The Morgan fingerprint density at radius 2 is 1.95 bits per heavy atom. The lowest BCUT2D eigenvalue weighted by atomic mass is 10.2. The third kappa shape index (κ3) is 4.27. The van der Waals surface area contributed by atoms with E-state index in [4.69, 9.17) is 0 Å². The third-order valence-electron chi connectivity index (χ3n) is 3.42. The fourth-order valence-corrected chi connectivity index (χ4v) is 2.50. The second kappa shape index (κ2) is 7.03. The van der Waals surface area contributed by atoms with Gasteiger partial charge < -0.3 is 9.88 Å². The van der Waals surface area contributed by atoms with E-state index in [1.165, 1.54) is 12.1 Å². The van der Waals surface area contributed by atoms with Gasteiger partial charge in [0.1, 0.15) is 11.6 Å². The Morgan fingerprint density at radius 1 is 1.19 bits per heavy atom. The van der Waals surface area contributed by atoms with Gasteiger partial charge in [0.2, 0.25) is 0 Å². The number of hydrogen-bond donors (Lipinski definition) is 1. The first-order valence-corrected chi connectivity index (χ1v) is 7.82. The van der Waals surface area contributed by atoms with Gasteiger partial charge in [-0.2, -0.15) is 0 Å². The Bertz CT molecular complexity index is 587. The van der Waals surface area contributed by atoms with Crippen LogP contribution in [0.5, 0.6) is 0 Å². The van der Waals surface area contributed by atoms with Gasteiger partial charge in [-0.25, -0.2) is 9.37 Å². The van der Waals surface area contributed by atoms with Crippen LogP contribution in [-0.4, -0.2) is 22.6 Å². The molecule has 21 heavy (non-hydrogen) atoms.